The number of aliphatic hydroxyl groups excluding tert-OH is 2. The number of benzene rings is 2. The van der Waals surface area contributed by atoms with Crippen molar-refractivity contribution >= 4 is 32.9 Å². The molecule has 0 saturated carbocycles. The zero-order chi connectivity index (χ0) is 24.5. The minimum Gasteiger partial charge on any atom is -0.507 e. The van der Waals surface area contributed by atoms with Gasteiger partial charge in [0.05, 0.1) is 18.1 Å². The molecule has 34 heavy (non-hydrogen) atoms. The van der Waals surface area contributed by atoms with Crippen LogP contribution in [0, 0.1) is 3.82 Å². The Kier molecular flexibility index (Phi) is 10.7. The van der Waals surface area contributed by atoms with Crippen LogP contribution in [0.1, 0.15) is 36.1 Å². The molecule has 2 aromatic carbocycles. The number of phenolic OH excluding ortho intramolecular Hbond substituents is 1. The number of rotatable bonds is 13. The first-order valence-electron chi connectivity index (χ1n) is 11.7. The first-order valence-corrected chi connectivity index (χ1v) is 14.2. The maximum absolute atomic E-state index is 11.2. The van der Waals surface area contributed by atoms with E-state index in [9.17, 15) is 15.3 Å². The van der Waals surface area contributed by atoms with Gasteiger partial charge >= 0.3 is 0 Å². The van der Waals surface area contributed by atoms with Crippen LogP contribution < -0.4 is 0 Å². The zero-order valence-electron chi connectivity index (χ0n) is 19.9. The number of hydrogen-bond acceptors (Lipinski definition) is 8. The smallest absolute Gasteiger partial charge is 0.124 e. The van der Waals surface area contributed by atoms with Crippen LogP contribution in [0.5, 0.6) is 5.75 Å². The molecule has 0 radical (unpaired) electrons. The summed E-state index contributed by atoms with van der Waals surface area (Å²) in [6, 6.07) is 14.5. The van der Waals surface area contributed by atoms with Gasteiger partial charge in [-0.15, -0.1) is 0 Å². The average molecular weight is 519 g/mol. The van der Waals surface area contributed by atoms with E-state index in [0.717, 1.165) is 50.5 Å². The standard InChI is InChI=1S/C26H34N2O3S3/c1-3-27(10-12-29)17-21-15-20(16-22(24(21)31)18-28(4-2)11-13-30)25-23(26(32)34-33-25)14-19-8-6-5-7-9-19/h5-9,15-16,29-31H,3-4,10-14,17-18H2,1-2H3. The highest BCUT2D eigenvalue weighted by Crippen LogP contribution is 2.39. The molecule has 3 rings (SSSR count). The van der Waals surface area contributed by atoms with Gasteiger partial charge in [-0.2, -0.15) is 0 Å². The second kappa shape index (κ2) is 13.4. The first kappa shape index (κ1) is 26.9. The molecule has 0 aliphatic rings. The Hall–Kier alpha value is -1.65. The third kappa shape index (κ3) is 6.95. The average Bonchev–Trinajstić information content (AvgIpc) is 3.21. The number of hydrogen-bond donors (Lipinski definition) is 3. The van der Waals surface area contributed by atoms with E-state index in [2.05, 4.69) is 47.9 Å². The maximum atomic E-state index is 11.2. The Morgan fingerprint density at radius 3 is 1.91 bits per heavy atom. The van der Waals surface area contributed by atoms with Crippen LogP contribution in [0.25, 0.3) is 10.4 Å². The van der Waals surface area contributed by atoms with Crippen LogP contribution in [0.4, 0.5) is 0 Å². The third-order valence-electron chi connectivity index (χ3n) is 5.99. The van der Waals surface area contributed by atoms with Gasteiger partial charge in [-0.3, -0.25) is 9.80 Å². The summed E-state index contributed by atoms with van der Waals surface area (Å²) in [5, 5.41) is 30.1. The molecule has 0 bridgehead atoms. The fourth-order valence-corrected chi connectivity index (χ4v) is 6.94. The normalized spacial score (nSPS) is 11.6. The van der Waals surface area contributed by atoms with Gasteiger partial charge in [-0.25, -0.2) is 0 Å². The molecule has 0 spiro atoms. The maximum Gasteiger partial charge on any atom is 0.124 e. The van der Waals surface area contributed by atoms with Gasteiger partial charge in [0.25, 0.3) is 0 Å². The minimum absolute atomic E-state index is 0.0778. The van der Waals surface area contributed by atoms with Crippen molar-refractivity contribution < 1.29 is 15.3 Å². The second-order valence-corrected chi connectivity index (χ2v) is 11.1. The quantitative estimate of drug-likeness (QED) is 0.215. The fraction of sp³-hybridized carbons (Fsp3) is 0.423. The van der Waals surface area contributed by atoms with E-state index in [-0.39, 0.29) is 13.2 Å². The molecule has 0 fully saturated rings. The van der Waals surface area contributed by atoms with Gasteiger partial charge in [-0.05, 0) is 36.3 Å². The molecule has 184 valence electrons. The lowest BCUT2D eigenvalue weighted by Crippen LogP contribution is -2.27. The predicted octanol–water partition coefficient (Wildman–Crippen LogP) is 5.13. The minimum atomic E-state index is 0.0778. The van der Waals surface area contributed by atoms with Crippen molar-refractivity contribution in [1.29, 1.82) is 0 Å². The van der Waals surface area contributed by atoms with Gasteiger partial charge < -0.3 is 15.3 Å². The molecule has 1 aromatic heterocycles. The Bertz CT molecular complexity index is 1060. The summed E-state index contributed by atoms with van der Waals surface area (Å²) in [5.74, 6) is 0.292. The summed E-state index contributed by atoms with van der Waals surface area (Å²) in [6.45, 7) is 8.04. The summed E-state index contributed by atoms with van der Waals surface area (Å²) in [5.41, 5.74) is 5.13. The lowest BCUT2D eigenvalue weighted by Gasteiger charge is -2.24. The summed E-state index contributed by atoms with van der Waals surface area (Å²) in [7, 11) is 3.31. The van der Waals surface area contributed by atoms with Crippen LogP contribution in [-0.4, -0.2) is 64.5 Å². The van der Waals surface area contributed by atoms with Gasteiger partial charge in [0.15, 0.2) is 0 Å². The lowest BCUT2D eigenvalue weighted by molar-refractivity contribution is 0.192. The van der Waals surface area contributed by atoms with Crippen molar-refractivity contribution in [2.75, 3.05) is 39.4 Å². The fourth-order valence-electron chi connectivity index (χ4n) is 4.04. The highest BCUT2D eigenvalue weighted by molar-refractivity contribution is 7.80. The van der Waals surface area contributed by atoms with Crippen molar-refractivity contribution in [2.45, 2.75) is 33.4 Å². The van der Waals surface area contributed by atoms with Crippen LogP contribution in [-0.2, 0) is 19.5 Å². The van der Waals surface area contributed by atoms with Crippen LogP contribution in [0.15, 0.2) is 42.5 Å². The molecule has 0 atom stereocenters. The molecule has 0 unspecified atom stereocenters. The van der Waals surface area contributed by atoms with Crippen molar-refractivity contribution in [3.63, 3.8) is 0 Å². The van der Waals surface area contributed by atoms with Gasteiger partial charge in [0.2, 0.25) is 0 Å². The van der Waals surface area contributed by atoms with E-state index in [1.165, 1.54) is 5.56 Å². The number of aromatic hydroxyl groups is 1. The highest BCUT2D eigenvalue weighted by atomic mass is 32.9. The second-order valence-electron chi connectivity index (χ2n) is 8.25. The van der Waals surface area contributed by atoms with Crippen LogP contribution in [0.2, 0.25) is 0 Å². The van der Waals surface area contributed by atoms with Crippen LogP contribution >= 0.6 is 32.9 Å². The van der Waals surface area contributed by atoms with Crippen molar-refractivity contribution in [1.82, 2.24) is 9.80 Å². The molecule has 1 heterocycles. The van der Waals surface area contributed by atoms with E-state index in [1.54, 1.807) is 20.7 Å². The molecular weight excluding hydrogens is 484 g/mol. The Labute approximate surface area is 214 Å². The van der Waals surface area contributed by atoms with E-state index in [4.69, 9.17) is 12.2 Å². The molecule has 0 amide bonds. The number of aliphatic hydroxyl groups is 2. The molecule has 3 N–H and O–H groups in total. The summed E-state index contributed by atoms with van der Waals surface area (Å²) in [6.07, 6.45) is 0.776. The summed E-state index contributed by atoms with van der Waals surface area (Å²) >= 11 is 5.72. The van der Waals surface area contributed by atoms with E-state index in [0.29, 0.717) is 31.9 Å². The molecule has 5 nitrogen and oxygen atoms in total. The molecule has 3 aromatic rings. The van der Waals surface area contributed by atoms with E-state index >= 15 is 0 Å². The van der Waals surface area contributed by atoms with Crippen molar-refractivity contribution in [3.8, 4) is 16.2 Å². The summed E-state index contributed by atoms with van der Waals surface area (Å²) in [4.78, 5) is 5.39. The monoisotopic (exact) mass is 518 g/mol. The zero-order valence-corrected chi connectivity index (χ0v) is 22.3. The van der Waals surface area contributed by atoms with Gasteiger partial charge in [0, 0.05) is 49.3 Å². The largest absolute Gasteiger partial charge is 0.507 e. The lowest BCUT2D eigenvalue weighted by atomic mass is 9.98. The van der Waals surface area contributed by atoms with E-state index in [1.807, 2.05) is 18.2 Å². The number of phenols is 1. The van der Waals surface area contributed by atoms with Crippen molar-refractivity contribution in [3.05, 3.63) is 68.5 Å². The van der Waals surface area contributed by atoms with E-state index < -0.39 is 0 Å². The molecular formula is C26H34N2O3S3. The Balaban J connectivity index is 2.07. The highest BCUT2D eigenvalue weighted by Gasteiger charge is 2.19. The van der Waals surface area contributed by atoms with Gasteiger partial charge in [0.1, 0.15) is 9.57 Å². The predicted molar refractivity (Wildman–Crippen MR) is 145 cm³/mol. The van der Waals surface area contributed by atoms with Crippen molar-refractivity contribution in [2.24, 2.45) is 0 Å². The third-order valence-corrected chi connectivity index (χ3v) is 9.18. The topological polar surface area (TPSA) is 67.2 Å². The first-order chi connectivity index (χ1) is 16.5. The molecule has 8 heteroatoms. The number of likely N-dealkylation sites (N-methyl/N-ethyl adjacent to an activating group) is 2. The molecule has 0 saturated heterocycles. The Morgan fingerprint density at radius 2 is 1.41 bits per heavy atom. The number of nitrogens with zero attached hydrogens (tertiary/aromatic N) is 2. The molecule has 0 aliphatic carbocycles. The van der Waals surface area contributed by atoms with Gasteiger partial charge in [-0.1, -0.05) is 77.1 Å². The molecule has 0 aliphatic heterocycles. The van der Waals surface area contributed by atoms with Crippen LogP contribution in [0.3, 0.4) is 0 Å². The summed E-state index contributed by atoms with van der Waals surface area (Å²) < 4.78 is 0.908. The Morgan fingerprint density at radius 1 is 0.853 bits per heavy atom. The SMILES string of the molecule is CCN(CCO)Cc1cc(-c2ssc(=S)c2Cc2ccccc2)cc(CN(CC)CCO)c1O.